The summed E-state index contributed by atoms with van der Waals surface area (Å²) >= 11 is 0. The summed E-state index contributed by atoms with van der Waals surface area (Å²) in [6.07, 6.45) is 6.18. The summed E-state index contributed by atoms with van der Waals surface area (Å²) in [4.78, 5) is 8.55. The first kappa shape index (κ1) is 10.8. The highest BCUT2D eigenvalue weighted by Crippen LogP contribution is 2.13. The molecule has 0 aliphatic heterocycles. The molecule has 0 aliphatic carbocycles. The Morgan fingerprint density at radius 1 is 1.38 bits per heavy atom. The number of imidazole rings is 1. The van der Waals surface area contributed by atoms with Crippen molar-refractivity contribution in [2.24, 2.45) is 12.9 Å². The van der Waals surface area contributed by atoms with E-state index in [1.165, 1.54) is 0 Å². The van der Waals surface area contributed by atoms with Crippen LogP contribution in [0, 0.1) is 0 Å². The van der Waals surface area contributed by atoms with Gasteiger partial charge in [-0.2, -0.15) is 0 Å². The smallest absolute Gasteiger partial charge is 0.110 e. The fraction of sp³-hybridized carbons (Fsp3) is 0.273. The van der Waals surface area contributed by atoms with Crippen molar-refractivity contribution in [1.29, 1.82) is 0 Å². The minimum atomic E-state index is -0.0118. The molecule has 5 nitrogen and oxygen atoms in total. The molecular weight excluding hydrogens is 202 g/mol. The minimum Gasteiger partial charge on any atom is -0.338 e. The van der Waals surface area contributed by atoms with Gasteiger partial charge in [0.05, 0.1) is 11.7 Å². The SMILES string of the molecule is Cn1ccnc1CC(NN)c1ccccn1. The number of nitrogens with zero attached hydrogens (tertiary/aromatic N) is 3. The van der Waals surface area contributed by atoms with Crippen LogP contribution < -0.4 is 11.3 Å². The molecule has 0 bridgehead atoms. The van der Waals surface area contributed by atoms with Crippen molar-refractivity contribution in [3.8, 4) is 0 Å². The van der Waals surface area contributed by atoms with Crippen molar-refractivity contribution in [2.45, 2.75) is 12.5 Å². The second kappa shape index (κ2) is 4.87. The molecule has 1 atom stereocenters. The van der Waals surface area contributed by atoms with Crippen molar-refractivity contribution >= 4 is 0 Å². The molecule has 5 heteroatoms. The second-order valence-electron chi connectivity index (χ2n) is 3.63. The van der Waals surface area contributed by atoms with Crippen LogP contribution in [0.25, 0.3) is 0 Å². The van der Waals surface area contributed by atoms with Gasteiger partial charge < -0.3 is 4.57 Å². The Morgan fingerprint density at radius 3 is 2.81 bits per heavy atom. The highest BCUT2D eigenvalue weighted by atomic mass is 15.2. The maximum absolute atomic E-state index is 5.54. The lowest BCUT2D eigenvalue weighted by Crippen LogP contribution is -2.30. The lowest BCUT2D eigenvalue weighted by Gasteiger charge is -2.14. The highest BCUT2D eigenvalue weighted by Gasteiger charge is 2.13. The maximum atomic E-state index is 5.54. The first-order chi connectivity index (χ1) is 7.81. The quantitative estimate of drug-likeness (QED) is 0.580. The van der Waals surface area contributed by atoms with Gasteiger partial charge in [0.15, 0.2) is 0 Å². The molecule has 0 spiro atoms. The molecule has 0 radical (unpaired) electrons. The van der Waals surface area contributed by atoms with E-state index in [1.807, 2.05) is 36.0 Å². The van der Waals surface area contributed by atoms with Crippen LogP contribution in [-0.2, 0) is 13.5 Å². The number of rotatable bonds is 4. The number of pyridine rings is 1. The van der Waals surface area contributed by atoms with Crippen LogP contribution in [0.4, 0.5) is 0 Å². The largest absolute Gasteiger partial charge is 0.338 e. The minimum absolute atomic E-state index is 0.0118. The summed E-state index contributed by atoms with van der Waals surface area (Å²) < 4.78 is 1.98. The Kier molecular flexibility index (Phi) is 3.28. The molecule has 0 fully saturated rings. The molecule has 2 aromatic rings. The standard InChI is InChI=1S/C11H15N5/c1-16-7-6-14-11(16)8-10(15-12)9-4-2-3-5-13-9/h2-7,10,15H,8,12H2,1H3. The van der Waals surface area contributed by atoms with Gasteiger partial charge in [-0.05, 0) is 12.1 Å². The molecule has 1 unspecified atom stereocenters. The van der Waals surface area contributed by atoms with Crippen LogP contribution in [0.1, 0.15) is 17.6 Å². The molecule has 3 N–H and O–H groups in total. The summed E-state index contributed by atoms with van der Waals surface area (Å²) in [7, 11) is 1.97. The first-order valence-corrected chi connectivity index (χ1v) is 5.14. The van der Waals surface area contributed by atoms with Crippen LogP contribution in [0.3, 0.4) is 0 Å². The van der Waals surface area contributed by atoms with E-state index in [-0.39, 0.29) is 6.04 Å². The number of aromatic nitrogens is 3. The van der Waals surface area contributed by atoms with E-state index < -0.39 is 0 Å². The molecule has 0 saturated carbocycles. The second-order valence-corrected chi connectivity index (χ2v) is 3.63. The van der Waals surface area contributed by atoms with Crippen LogP contribution in [-0.4, -0.2) is 14.5 Å². The van der Waals surface area contributed by atoms with E-state index in [4.69, 9.17) is 5.84 Å². The third kappa shape index (κ3) is 2.26. The number of hydrogen-bond acceptors (Lipinski definition) is 4. The van der Waals surface area contributed by atoms with Crippen LogP contribution in [0.2, 0.25) is 0 Å². The molecule has 2 heterocycles. The molecule has 0 saturated heterocycles. The molecule has 0 aliphatic rings. The van der Waals surface area contributed by atoms with Gasteiger partial charge >= 0.3 is 0 Å². The zero-order valence-electron chi connectivity index (χ0n) is 9.17. The molecule has 84 valence electrons. The number of aryl methyl sites for hydroxylation is 1. The van der Waals surface area contributed by atoms with Gasteiger partial charge in [-0.1, -0.05) is 6.07 Å². The first-order valence-electron chi connectivity index (χ1n) is 5.14. The lowest BCUT2D eigenvalue weighted by atomic mass is 10.1. The van der Waals surface area contributed by atoms with Gasteiger partial charge in [0, 0.05) is 32.1 Å². The van der Waals surface area contributed by atoms with Gasteiger partial charge in [0.2, 0.25) is 0 Å². The molecule has 0 aromatic carbocycles. The lowest BCUT2D eigenvalue weighted by molar-refractivity contribution is 0.518. The average Bonchev–Trinajstić information content (AvgIpc) is 2.73. The third-order valence-corrected chi connectivity index (χ3v) is 2.55. The molecule has 2 rings (SSSR count). The number of hydrogen-bond donors (Lipinski definition) is 2. The molecule has 16 heavy (non-hydrogen) atoms. The maximum Gasteiger partial charge on any atom is 0.110 e. The zero-order chi connectivity index (χ0) is 11.4. The van der Waals surface area contributed by atoms with Crippen molar-refractivity contribution in [3.63, 3.8) is 0 Å². The Morgan fingerprint density at radius 2 is 2.25 bits per heavy atom. The normalized spacial score (nSPS) is 12.6. The van der Waals surface area contributed by atoms with Gasteiger partial charge in [0.25, 0.3) is 0 Å². The van der Waals surface area contributed by atoms with E-state index in [9.17, 15) is 0 Å². The Bertz CT molecular complexity index is 437. The topological polar surface area (TPSA) is 68.8 Å². The molecular formula is C11H15N5. The molecule has 0 amide bonds. The van der Waals surface area contributed by atoms with Gasteiger partial charge in [-0.25, -0.2) is 4.98 Å². The number of hydrazine groups is 1. The van der Waals surface area contributed by atoms with Gasteiger partial charge in [0.1, 0.15) is 5.82 Å². The monoisotopic (exact) mass is 217 g/mol. The summed E-state index contributed by atoms with van der Waals surface area (Å²) in [6, 6.07) is 5.78. The Balaban J connectivity index is 2.16. The van der Waals surface area contributed by atoms with E-state index in [1.54, 1.807) is 12.4 Å². The van der Waals surface area contributed by atoms with E-state index in [2.05, 4.69) is 15.4 Å². The summed E-state index contributed by atoms with van der Waals surface area (Å²) in [6.45, 7) is 0. The average molecular weight is 217 g/mol. The zero-order valence-corrected chi connectivity index (χ0v) is 9.17. The third-order valence-electron chi connectivity index (χ3n) is 2.55. The van der Waals surface area contributed by atoms with Crippen LogP contribution >= 0.6 is 0 Å². The fourth-order valence-corrected chi connectivity index (χ4v) is 1.61. The van der Waals surface area contributed by atoms with Gasteiger partial charge in [-0.15, -0.1) is 0 Å². The summed E-state index contributed by atoms with van der Waals surface area (Å²) in [5.74, 6) is 6.52. The van der Waals surface area contributed by atoms with Crippen molar-refractivity contribution in [3.05, 3.63) is 48.3 Å². The van der Waals surface area contributed by atoms with Gasteiger partial charge in [-0.3, -0.25) is 16.3 Å². The predicted molar refractivity (Wildman–Crippen MR) is 61.2 cm³/mol. The number of nitrogens with one attached hydrogen (secondary N) is 1. The Hall–Kier alpha value is -1.72. The van der Waals surface area contributed by atoms with Crippen LogP contribution in [0.5, 0.6) is 0 Å². The van der Waals surface area contributed by atoms with Crippen molar-refractivity contribution < 1.29 is 0 Å². The highest BCUT2D eigenvalue weighted by molar-refractivity contribution is 5.11. The van der Waals surface area contributed by atoms with E-state index in [0.29, 0.717) is 0 Å². The summed E-state index contributed by atoms with van der Waals surface area (Å²) in [5.41, 5.74) is 3.69. The van der Waals surface area contributed by atoms with Crippen molar-refractivity contribution in [2.75, 3.05) is 0 Å². The summed E-state index contributed by atoms with van der Waals surface area (Å²) in [5, 5.41) is 0. The Labute approximate surface area is 94.3 Å². The van der Waals surface area contributed by atoms with E-state index >= 15 is 0 Å². The van der Waals surface area contributed by atoms with E-state index in [0.717, 1.165) is 17.9 Å². The fourth-order valence-electron chi connectivity index (χ4n) is 1.61. The van der Waals surface area contributed by atoms with Crippen molar-refractivity contribution in [1.82, 2.24) is 20.0 Å². The number of nitrogens with two attached hydrogens (primary N) is 1. The molecule has 2 aromatic heterocycles. The predicted octanol–water partition coefficient (Wildman–Crippen LogP) is 0.562. The van der Waals surface area contributed by atoms with Crippen LogP contribution in [0.15, 0.2) is 36.8 Å².